The molecule has 0 amide bonds. The van der Waals surface area contributed by atoms with Gasteiger partial charge in [-0.25, -0.2) is 4.39 Å². The van der Waals surface area contributed by atoms with Gasteiger partial charge in [0.25, 0.3) is 0 Å². The molecular weight excluding hydrogens is 139 g/mol. The van der Waals surface area contributed by atoms with Crippen LogP contribution in [-0.4, -0.2) is 5.63 Å². The van der Waals surface area contributed by atoms with Crippen LogP contribution in [0.4, 0.5) is 4.39 Å². The first-order valence-electron chi connectivity index (χ1n) is 3.50. The number of halogens is 2. The third-order valence-electron chi connectivity index (χ3n) is 1.54. The minimum absolute atomic E-state index is 0.0664. The van der Waals surface area contributed by atoms with Gasteiger partial charge >= 0.3 is 0 Å². The Labute approximate surface area is 61.4 Å². The molecule has 0 spiro atoms. The van der Waals surface area contributed by atoms with E-state index in [0.717, 1.165) is 19.3 Å². The molecule has 1 unspecified atom stereocenters. The topological polar surface area (TPSA) is 0 Å². The van der Waals surface area contributed by atoms with Crippen LogP contribution in [0.15, 0.2) is 0 Å². The fourth-order valence-corrected chi connectivity index (χ4v) is 1.18. The number of alkyl halides is 2. The van der Waals surface area contributed by atoms with Gasteiger partial charge in [0, 0.05) is 5.92 Å². The third kappa shape index (κ3) is 3.74. The molecule has 0 N–H and O–H groups in total. The maximum Gasteiger partial charge on any atom is 0.176 e. The molecule has 0 nitrogen and oxygen atoms in total. The standard InChI is InChI=1S/C7H14ClF/c1-3-5-6(4-2)7(8)9/h6-7H,3-5H2,1-2H3/t6-,7?/m1/s1. The first-order chi connectivity index (χ1) is 4.22. The summed E-state index contributed by atoms with van der Waals surface area (Å²) < 4.78 is 12.3. The van der Waals surface area contributed by atoms with Crippen molar-refractivity contribution >= 4 is 11.6 Å². The highest BCUT2D eigenvalue weighted by molar-refractivity contribution is 6.19. The summed E-state index contributed by atoms with van der Waals surface area (Å²) in [6.07, 6.45) is 2.77. The molecule has 0 radical (unpaired) electrons. The highest BCUT2D eigenvalue weighted by Crippen LogP contribution is 2.20. The van der Waals surface area contributed by atoms with E-state index in [0.29, 0.717) is 0 Å². The van der Waals surface area contributed by atoms with Crippen molar-refractivity contribution in [2.45, 2.75) is 38.7 Å². The summed E-state index contributed by atoms with van der Waals surface area (Å²) in [5, 5.41) is 0. The van der Waals surface area contributed by atoms with Gasteiger partial charge in [-0.15, -0.1) is 0 Å². The second kappa shape index (κ2) is 5.04. The molecule has 0 bridgehead atoms. The molecule has 0 saturated heterocycles. The average molecular weight is 153 g/mol. The molecule has 0 aliphatic rings. The second-order valence-electron chi connectivity index (χ2n) is 2.29. The van der Waals surface area contributed by atoms with Gasteiger partial charge in [-0.3, -0.25) is 0 Å². The van der Waals surface area contributed by atoms with Crippen molar-refractivity contribution < 1.29 is 4.39 Å². The molecule has 2 atom stereocenters. The average Bonchev–Trinajstić information content (AvgIpc) is 1.82. The quantitative estimate of drug-likeness (QED) is 0.542. The number of rotatable bonds is 4. The van der Waals surface area contributed by atoms with E-state index in [4.69, 9.17) is 11.6 Å². The number of hydrogen-bond acceptors (Lipinski definition) is 0. The van der Waals surface area contributed by atoms with E-state index in [-0.39, 0.29) is 5.92 Å². The zero-order chi connectivity index (χ0) is 7.28. The Morgan fingerprint density at radius 3 is 2.11 bits per heavy atom. The summed E-state index contributed by atoms with van der Waals surface area (Å²) in [7, 11) is 0. The van der Waals surface area contributed by atoms with Crippen molar-refractivity contribution in [1.29, 1.82) is 0 Å². The van der Waals surface area contributed by atoms with Crippen molar-refractivity contribution in [2.75, 3.05) is 0 Å². The van der Waals surface area contributed by atoms with Crippen molar-refractivity contribution in [2.24, 2.45) is 5.92 Å². The van der Waals surface area contributed by atoms with Gasteiger partial charge in [-0.1, -0.05) is 31.9 Å². The normalized spacial score (nSPS) is 17.3. The van der Waals surface area contributed by atoms with Crippen LogP contribution in [0.5, 0.6) is 0 Å². The van der Waals surface area contributed by atoms with Gasteiger partial charge in [0.15, 0.2) is 5.63 Å². The zero-order valence-corrected chi connectivity index (χ0v) is 6.79. The fourth-order valence-electron chi connectivity index (χ4n) is 0.879. The summed E-state index contributed by atoms with van der Waals surface area (Å²) in [6, 6.07) is 0. The van der Waals surface area contributed by atoms with E-state index < -0.39 is 5.63 Å². The predicted octanol–water partition coefficient (Wildman–Crippen LogP) is 3.35. The largest absolute Gasteiger partial charge is 0.230 e. The van der Waals surface area contributed by atoms with Gasteiger partial charge in [0.05, 0.1) is 0 Å². The lowest BCUT2D eigenvalue weighted by atomic mass is 10.0. The Hall–Kier alpha value is 0.220. The van der Waals surface area contributed by atoms with Crippen LogP contribution in [0.25, 0.3) is 0 Å². The van der Waals surface area contributed by atoms with E-state index in [1.165, 1.54) is 0 Å². The lowest BCUT2D eigenvalue weighted by molar-refractivity contribution is 0.292. The van der Waals surface area contributed by atoms with Gasteiger partial charge in [-0.05, 0) is 12.8 Å². The fraction of sp³-hybridized carbons (Fsp3) is 1.00. The van der Waals surface area contributed by atoms with Crippen LogP contribution in [0, 0.1) is 5.92 Å². The maximum atomic E-state index is 12.3. The monoisotopic (exact) mass is 152 g/mol. The summed E-state index contributed by atoms with van der Waals surface area (Å²) in [5.74, 6) is 0.0664. The maximum absolute atomic E-state index is 12.3. The van der Waals surface area contributed by atoms with Crippen molar-refractivity contribution in [3.05, 3.63) is 0 Å². The Morgan fingerprint density at radius 2 is 2.00 bits per heavy atom. The molecule has 0 heterocycles. The number of hydrogen-bond donors (Lipinski definition) is 0. The van der Waals surface area contributed by atoms with Crippen molar-refractivity contribution in [3.8, 4) is 0 Å². The van der Waals surface area contributed by atoms with Crippen LogP contribution < -0.4 is 0 Å². The first kappa shape index (κ1) is 9.22. The summed E-state index contributed by atoms with van der Waals surface area (Å²) in [4.78, 5) is 0. The Morgan fingerprint density at radius 1 is 1.44 bits per heavy atom. The van der Waals surface area contributed by atoms with E-state index in [2.05, 4.69) is 0 Å². The second-order valence-corrected chi connectivity index (χ2v) is 2.71. The highest BCUT2D eigenvalue weighted by Gasteiger charge is 2.14. The Balaban J connectivity index is 3.41. The molecule has 0 aromatic rings. The zero-order valence-electron chi connectivity index (χ0n) is 6.03. The molecule has 0 aromatic heterocycles. The van der Waals surface area contributed by atoms with E-state index >= 15 is 0 Å². The van der Waals surface area contributed by atoms with Crippen LogP contribution in [0.1, 0.15) is 33.1 Å². The van der Waals surface area contributed by atoms with Crippen molar-refractivity contribution in [3.63, 3.8) is 0 Å². The minimum Gasteiger partial charge on any atom is -0.230 e. The van der Waals surface area contributed by atoms with Crippen LogP contribution >= 0.6 is 11.6 Å². The van der Waals surface area contributed by atoms with E-state index in [1.54, 1.807) is 0 Å². The summed E-state index contributed by atoms with van der Waals surface area (Å²) >= 11 is 5.26. The lowest BCUT2D eigenvalue weighted by Crippen LogP contribution is -2.07. The van der Waals surface area contributed by atoms with Crippen LogP contribution in [-0.2, 0) is 0 Å². The molecule has 2 heteroatoms. The SMILES string of the molecule is CCC[C@@H](CC)C(F)Cl. The molecule has 0 saturated carbocycles. The predicted molar refractivity (Wildman–Crippen MR) is 39.4 cm³/mol. The lowest BCUT2D eigenvalue weighted by Gasteiger charge is -2.11. The van der Waals surface area contributed by atoms with E-state index in [9.17, 15) is 4.39 Å². The highest BCUT2D eigenvalue weighted by atomic mass is 35.5. The van der Waals surface area contributed by atoms with Crippen LogP contribution in [0.2, 0.25) is 0 Å². The summed E-state index contributed by atoms with van der Waals surface area (Å²) in [5.41, 5.74) is -1.14. The molecule has 0 aromatic carbocycles. The molecule has 9 heavy (non-hydrogen) atoms. The minimum atomic E-state index is -1.14. The van der Waals surface area contributed by atoms with Gasteiger partial charge < -0.3 is 0 Å². The van der Waals surface area contributed by atoms with Crippen molar-refractivity contribution in [1.82, 2.24) is 0 Å². The first-order valence-corrected chi connectivity index (χ1v) is 3.94. The Bertz CT molecular complexity index is 63.9. The smallest absolute Gasteiger partial charge is 0.176 e. The Kier molecular flexibility index (Phi) is 5.16. The molecule has 0 aliphatic carbocycles. The van der Waals surface area contributed by atoms with Gasteiger partial charge in [0.1, 0.15) is 0 Å². The van der Waals surface area contributed by atoms with Crippen LogP contribution in [0.3, 0.4) is 0 Å². The van der Waals surface area contributed by atoms with Gasteiger partial charge in [0.2, 0.25) is 0 Å². The molecule has 0 fully saturated rings. The molecule has 0 aliphatic heterocycles. The molecule has 56 valence electrons. The molecular formula is C7H14ClF. The van der Waals surface area contributed by atoms with E-state index in [1.807, 2.05) is 13.8 Å². The molecule has 0 rings (SSSR count). The van der Waals surface area contributed by atoms with Gasteiger partial charge in [-0.2, -0.15) is 0 Å². The summed E-state index contributed by atoms with van der Waals surface area (Å²) in [6.45, 7) is 4.01. The third-order valence-corrected chi connectivity index (χ3v) is 1.90.